The van der Waals surface area contributed by atoms with Gasteiger partial charge in [0.15, 0.2) is 0 Å². The van der Waals surface area contributed by atoms with Crippen molar-refractivity contribution in [1.29, 1.82) is 0 Å². The third-order valence-corrected chi connectivity index (χ3v) is 5.48. The number of aromatic nitrogens is 3. The van der Waals surface area contributed by atoms with Crippen LogP contribution in [-0.2, 0) is 24.1 Å². The minimum atomic E-state index is -4.59. The molecule has 1 aliphatic heterocycles. The lowest BCUT2D eigenvalue weighted by atomic mass is 10.1. The number of amides is 1. The van der Waals surface area contributed by atoms with Crippen LogP contribution in [0, 0.1) is 6.92 Å². The molecule has 1 aliphatic rings. The third kappa shape index (κ3) is 5.48. The van der Waals surface area contributed by atoms with Gasteiger partial charge in [0, 0.05) is 44.0 Å². The second kappa shape index (κ2) is 9.18. The highest BCUT2D eigenvalue weighted by Gasteiger charge is 2.31. The molecule has 0 atom stereocenters. The van der Waals surface area contributed by atoms with Gasteiger partial charge in [0.2, 0.25) is 17.6 Å². The lowest BCUT2D eigenvalue weighted by Gasteiger charge is -2.34. The summed E-state index contributed by atoms with van der Waals surface area (Å²) in [7, 11) is 0. The fraction of sp³-hybridized carbons (Fsp3) is 0.364. The highest BCUT2D eigenvalue weighted by atomic mass is 19.4. The largest absolute Gasteiger partial charge is 0.417 e. The summed E-state index contributed by atoms with van der Waals surface area (Å²) >= 11 is 0. The van der Waals surface area contributed by atoms with E-state index in [-0.39, 0.29) is 0 Å². The van der Waals surface area contributed by atoms with Crippen molar-refractivity contribution in [3.05, 3.63) is 70.0 Å². The predicted molar refractivity (Wildman–Crippen MR) is 112 cm³/mol. The number of rotatable bonds is 5. The first-order valence-electron chi connectivity index (χ1n) is 10.4. The van der Waals surface area contributed by atoms with Crippen LogP contribution in [0.4, 0.5) is 13.2 Å². The number of hydrogen-bond acceptors (Lipinski definition) is 6. The van der Waals surface area contributed by atoms with E-state index in [1.54, 1.807) is 0 Å². The molecule has 0 bridgehead atoms. The van der Waals surface area contributed by atoms with Crippen molar-refractivity contribution in [3.63, 3.8) is 0 Å². The Hall–Kier alpha value is -3.47. The Labute approximate surface area is 187 Å². The number of aryl methyl sites for hydroxylation is 1. The molecule has 0 unspecified atom stereocenters. The zero-order valence-corrected chi connectivity index (χ0v) is 17.9. The van der Waals surface area contributed by atoms with E-state index in [0.29, 0.717) is 56.7 Å². The summed E-state index contributed by atoms with van der Waals surface area (Å²) in [5.74, 6) is 0.557. The Kier molecular flexibility index (Phi) is 6.32. The molecular formula is C22H22F3N5O3. The van der Waals surface area contributed by atoms with Crippen LogP contribution in [0.1, 0.15) is 17.0 Å². The van der Waals surface area contributed by atoms with Gasteiger partial charge in [-0.25, -0.2) is 0 Å². The summed E-state index contributed by atoms with van der Waals surface area (Å²) in [6.07, 6.45) is -3.91. The van der Waals surface area contributed by atoms with Crippen molar-refractivity contribution in [2.24, 2.45) is 0 Å². The Morgan fingerprint density at radius 2 is 1.76 bits per heavy atom. The van der Waals surface area contributed by atoms with Crippen LogP contribution in [0.15, 0.2) is 51.9 Å². The topological polar surface area (TPSA) is 84.5 Å². The Balaban J connectivity index is 1.32. The fourth-order valence-electron chi connectivity index (χ4n) is 3.55. The van der Waals surface area contributed by atoms with Gasteiger partial charge in [0.25, 0.3) is 5.56 Å². The van der Waals surface area contributed by atoms with Crippen molar-refractivity contribution in [1.82, 2.24) is 24.5 Å². The van der Waals surface area contributed by atoms with E-state index in [1.807, 2.05) is 36.1 Å². The average molecular weight is 461 g/mol. The number of carbonyl (C=O) groups is 1. The van der Waals surface area contributed by atoms with E-state index in [4.69, 9.17) is 4.52 Å². The van der Waals surface area contributed by atoms with Gasteiger partial charge in [-0.15, -0.1) is 0 Å². The number of nitrogens with zero attached hydrogens (tertiary/aromatic N) is 5. The molecule has 4 rings (SSSR count). The number of benzene rings is 1. The second-order valence-electron chi connectivity index (χ2n) is 7.92. The SMILES string of the molecule is Cc1ccc(-c2noc(CN3CCN(C(=O)Cn4cc(C(F)(F)F)ccc4=O)CC3)n2)cc1. The highest BCUT2D eigenvalue weighted by Crippen LogP contribution is 2.28. The number of piperazine rings is 1. The first-order valence-corrected chi connectivity index (χ1v) is 10.4. The number of carbonyl (C=O) groups excluding carboxylic acids is 1. The molecule has 2 aromatic heterocycles. The monoisotopic (exact) mass is 461 g/mol. The number of alkyl halides is 3. The van der Waals surface area contributed by atoms with Crippen molar-refractivity contribution in [2.45, 2.75) is 26.2 Å². The van der Waals surface area contributed by atoms with Crippen LogP contribution in [0.5, 0.6) is 0 Å². The van der Waals surface area contributed by atoms with Crippen LogP contribution in [-0.4, -0.2) is 56.6 Å². The minimum Gasteiger partial charge on any atom is -0.339 e. The van der Waals surface area contributed by atoms with E-state index in [1.165, 1.54) is 4.90 Å². The van der Waals surface area contributed by atoms with Crippen LogP contribution in [0.25, 0.3) is 11.4 Å². The van der Waals surface area contributed by atoms with E-state index >= 15 is 0 Å². The molecule has 8 nitrogen and oxygen atoms in total. The first-order chi connectivity index (χ1) is 15.7. The van der Waals surface area contributed by atoms with Crippen LogP contribution in [0.3, 0.4) is 0 Å². The van der Waals surface area contributed by atoms with Gasteiger partial charge >= 0.3 is 6.18 Å². The van der Waals surface area contributed by atoms with Crippen molar-refractivity contribution >= 4 is 5.91 Å². The average Bonchev–Trinajstić information content (AvgIpc) is 3.24. The summed E-state index contributed by atoms with van der Waals surface area (Å²) in [5.41, 5.74) is 0.365. The quantitative estimate of drug-likeness (QED) is 0.581. The molecule has 0 radical (unpaired) electrons. The predicted octanol–water partition coefficient (Wildman–Crippen LogP) is 2.57. The smallest absolute Gasteiger partial charge is 0.339 e. The van der Waals surface area contributed by atoms with Gasteiger partial charge < -0.3 is 14.0 Å². The van der Waals surface area contributed by atoms with E-state index in [9.17, 15) is 22.8 Å². The van der Waals surface area contributed by atoms with E-state index < -0.39 is 29.8 Å². The molecule has 1 fully saturated rings. The molecule has 1 saturated heterocycles. The highest BCUT2D eigenvalue weighted by molar-refractivity contribution is 5.76. The van der Waals surface area contributed by atoms with Gasteiger partial charge in [-0.05, 0) is 13.0 Å². The van der Waals surface area contributed by atoms with Crippen LogP contribution in [0.2, 0.25) is 0 Å². The standard InChI is InChI=1S/C22H22F3N5O3/c1-15-2-4-16(5-3-15)21-26-18(33-27-21)13-28-8-10-29(11-9-28)20(32)14-30-12-17(22(23,24)25)6-7-19(30)31/h2-7,12H,8-11,13-14H2,1H3. The molecule has 0 N–H and O–H groups in total. The maximum Gasteiger partial charge on any atom is 0.417 e. The molecule has 3 heterocycles. The van der Waals surface area contributed by atoms with E-state index in [2.05, 4.69) is 10.1 Å². The molecule has 0 spiro atoms. The second-order valence-corrected chi connectivity index (χ2v) is 7.92. The Morgan fingerprint density at radius 3 is 2.42 bits per heavy atom. The van der Waals surface area contributed by atoms with Crippen molar-refractivity contribution < 1.29 is 22.5 Å². The molecule has 3 aromatic rings. The Morgan fingerprint density at radius 1 is 1.06 bits per heavy atom. The zero-order valence-electron chi connectivity index (χ0n) is 17.9. The number of pyridine rings is 1. The summed E-state index contributed by atoms with van der Waals surface area (Å²) in [6.45, 7) is 3.81. The summed E-state index contributed by atoms with van der Waals surface area (Å²) in [6, 6.07) is 9.31. The van der Waals surface area contributed by atoms with Gasteiger partial charge in [-0.2, -0.15) is 18.2 Å². The molecule has 0 aliphatic carbocycles. The lowest BCUT2D eigenvalue weighted by Crippen LogP contribution is -2.49. The third-order valence-electron chi connectivity index (χ3n) is 5.48. The minimum absolute atomic E-state index is 0.380. The van der Waals surface area contributed by atoms with Gasteiger partial charge in [-0.1, -0.05) is 35.0 Å². The van der Waals surface area contributed by atoms with Gasteiger partial charge in [0.1, 0.15) is 6.54 Å². The fourth-order valence-corrected chi connectivity index (χ4v) is 3.55. The molecule has 11 heteroatoms. The Bertz CT molecular complexity index is 1180. The van der Waals surface area contributed by atoms with Crippen molar-refractivity contribution in [3.8, 4) is 11.4 Å². The molecule has 174 valence electrons. The molecule has 0 saturated carbocycles. The molecule has 33 heavy (non-hydrogen) atoms. The summed E-state index contributed by atoms with van der Waals surface area (Å²) in [5, 5.41) is 4.01. The number of hydrogen-bond donors (Lipinski definition) is 0. The van der Waals surface area contributed by atoms with Crippen molar-refractivity contribution in [2.75, 3.05) is 26.2 Å². The van der Waals surface area contributed by atoms with Gasteiger partial charge in [0.05, 0.1) is 12.1 Å². The normalized spacial score (nSPS) is 15.1. The number of halogens is 3. The van der Waals surface area contributed by atoms with Crippen LogP contribution >= 0.6 is 0 Å². The summed E-state index contributed by atoms with van der Waals surface area (Å²) < 4.78 is 44.8. The summed E-state index contributed by atoms with van der Waals surface area (Å²) in [4.78, 5) is 32.4. The van der Waals surface area contributed by atoms with Gasteiger partial charge in [-0.3, -0.25) is 14.5 Å². The molecular weight excluding hydrogens is 439 g/mol. The molecule has 1 amide bonds. The zero-order chi connectivity index (χ0) is 23.6. The van der Waals surface area contributed by atoms with Crippen LogP contribution < -0.4 is 5.56 Å². The lowest BCUT2D eigenvalue weighted by molar-refractivity contribution is -0.139. The maximum atomic E-state index is 12.9. The molecule has 1 aromatic carbocycles. The first kappa shape index (κ1) is 22.7. The van der Waals surface area contributed by atoms with E-state index in [0.717, 1.165) is 21.8 Å². The maximum absolute atomic E-state index is 12.9.